The molecule has 0 radical (unpaired) electrons. The highest BCUT2D eigenvalue weighted by molar-refractivity contribution is 6.32. The Bertz CT molecular complexity index is 703. The van der Waals surface area contributed by atoms with Crippen LogP contribution >= 0.6 is 11.6 Å². The minimum absolute atomic E-state index is 0.198. The van der Waals surface area contributed by atoms with E-state index in [1.807, 2.05) is 0 Å². The smallest absolute Gasteiger partial charge is 0.307 e. The summed E-state index contributed by atoms with van der Waals surface area (Å²) in [5.41, 5.74) is 7.73. The predicted octanol–water partition coefficient (Wildman–Crippen LogP) is 2.64. The molecule has 4 N–H and O–H groups in total. The number of aliphatic hydroxyl groups is 1. The highest BCUT2D eigenvalue weighted by atomic mass is 35.5. The average molecular weight is 322 g/mol. The number of nitrogens with two attached hydrogens (primary N) is 1. The summed E-state index contributed by atoms with van der Waals surface area (Å²) in [6, 6.07) is 9.86. The van der Waals surface area contributed by atoms with Crippen molar-refractivity contribution in [3.63, 3.8) is 0 Å². The second-order valence-electron chi connectivity index (χ2n) is 4.79. The van der Waals surface area contributed by atoms with E-state index < -0.39 is 12.1 Å². The second-order valence-corrected chi connectivity index (χ2v) is 5.19. The summed E-state index contributed by atoms with van der Waals surface area (Å²) in [7, 11) is 1.49. The Balaban J connectivity index is 2.41. The highest BCUT2D eigenvalue weighted by Crippen LogP contribution is 2.33. The van der Waals surface area contributed by atoms with Crippen molar-refractivity contribution in [2.45, 2.75) is 12.5 Å². The van der Waals surface area contributed by atoms with Crippen LogP contribution in [-0.2, 0) is 11.2 Å². The molecule has 2 aromatic rings. The summed E-state index contributed by atoms with van der Waals surface area (Å²) in [4.78, 5) is 10.8. The molecule has 0 fully saturated rings. The molecule has 116 valence electrons. The molecule has 0 spiro atoms. The first-order chi connectivity index (χ1) is 10.4. The molecule has 0 saturated heterocycles. The van der Waals surface area contributed by atoms with Gasteiger partial charge in [-0.05, 0) is 23.3 Å². The van der Waals surface area contributed by atoms with E-state index in [0.29, 0.717) is 27.5 Å². The topological polar surface area (TPSA) is 92.8 Å². The molecule has 2 rings (SSSR count). The van der Waals surface area contributed by atoms with Crippen LogP contribution in [0.4, 0.5) is 5.69 Å². The average Bonchev–Trinajstić information content (AvgIpc) is 2.49. The Morgan fingerprint density at radius 2 is 2.09 bits per heavy atom. The Labute approximate surface area is 132 Å². The van der Waals surface area contributed by atoms with Crippen LogP contribution in [0.2, 0.25) is 5.02 Å². The maximum absolute atomic E-state index is 10.8. The molecule has 0 aromatic heterocycles. The fourth-order valence-electron chi connectivity index (χ4n) is 2.21. The van der Waals surface area contributed by atoms with Crippen LogP contribution < -0.4 is 10.5 Å². The Morgan fingerprint density at radius 1 is 1.36 bits per heavy atom. The van der Waals surface area contributed by atoms with E-state index in [4.69, 9.17) is 27.2 Å². The van der Waals surface area contributed by atoms with Crippen molar-refractivity contribution < 1.29 is 19.7 Å². The number of hydrogen-bond donors (Lipinski definition) is 3. The van der Waals surface area contributed by atoms with Gasteiger partial charge in [0.1, 0.15) is 11.9 Å². The third kappa shape index (κ3) is 3.32. The SMILES string of the molecule is COc1cc(C(O)c2cccc(CC(=O)O)c2N)ccc1Cl. The fraction of sp³-hybridized carbons (Fsp3) is 0.188. The summed E-state index contributed by atoms with van der Waals surface area (Å²) < 4.78 is 5.13. The number of rotatable bonds is 5. The van der Waals surface area contributed by atoms with Crippen molar-refractivity contribution >= 4 is 23.3 Å². The summed E-state index contributed by atoms with van der Waals surface area (Å²) >= 11 is 5.96. The lowest BCUT2D eigenvalue weighted by molar-refractivity contribution is -0.136. The number of ether oxygens (including phenoxy) is 1. The number of carbonyl (C=O) groups is 1. The number of methoxy groups -OCH3 is 1. The zero-order chi connectivity index (χ0) is 16.3. The summed E-state index contributed by atoms with van der Waals surface area (Å²) in [5, 5.41) is 19.8. The lowest BCUT2D eigenvalue weighted by Crippen LogP contribution is -2.09. The molecule has 0 aliphatic rings. The van der Waals surface area contributed by atoms with Crippen molar-refractivity contribution in [3.05, 3.63) is 58.1 Å². The molecule has 0 aliphatic carbocycles. The first kappa shape index (κ1) is 16.1. The lowest BCUT2D eigenvalue weighted by atomic mass is 9.96. The van der Waals surface area contributed by atoms with Gasteiger partial charge in [-0.25, -0.2) is 0 Å². The fourth-order valence-corrected chi connectivity index (χ4v) is 2.41. The van der Waals surface area contributed by atoms with E-state index >= 15 is 0 Å². The number of nitrogen functional groups attached to an aromatic ring is 1. The van der Waals surface area contributed by atoms with Gasteiger partial charge in [-0.3, -0.25) is 4.79 Å². The first-order valence-corrected chi connectivity index (χ1v) is 6.92. The van der Waals surface area contributed by atoms with Crippen LogP contribution in [0, 0.1) is 0 Å². The highest BCUT2D eigenvalue weighted by Gasteiger charge is 2.17. The Morgan fingerprint density at radius 3 is 2.73 bits per heavy atom. The van der Waals surface area contributed by atoms with Gasteiger partial charge in [-0.15, -0.1) is 0 Å². The van der Waals surface area contributed by atoms with Gasteiger partial charge in [-0.2, -0.15) is 0 Å². The van der Waals surface area contributed by atoms with Gasteiger partial charge in [0.05, 0.1) is 18.6 Å². The van der Waals surface area contributed by atoms with Crippen LogP contribution in [0.1, 0.15) is 22.8 Å². The molecule has 22 heavy (non-hydrogen) atoms. The lowest BCUT2D eigenvalue weighted by Gasteiger charge is -2.17. The molecule has 0 bridgehead atoms. The maximum atomic E-state index is 10.8. The maximum Gasteiger partial charge on any atom is 0.307 e. The number of carboxylic acid groups (broad SMARTS) is 1. The third-order valence-electron chi connectivity index (χ3n) is 3.36. The number of hydrogen-bond acceptors (Lipinski definition) is 4. The summed E-state index contributed by atoms with van der Waals surface area (Å²) in [6.07, 6.45) is -1.20. The number of aliphatic hydroxyl groups excluding tert-OH is 1. The van der Waals surface area contributed by atoms with Crippen molar-refractivity contribution in [3.8, 4) is 5.75 Å². The third-order valence-corrected chi connectivity index (χ3v) is 3.67. The van der Waals surface area contributed by atoms with E-state index in [1.165, 1.54) is 7.11 Å². The quantitative estimate of drug-likeness (QED) is 0.736. The minimum atomic E-state index is -1.00. The van der Waals surface area contributed by atoms with E-state index in [0.717, 1.165) is 0 Å². The van der Waals surface area contributed by atoms with E-state index in [1.54, 1.807) is 36.4 Å². The number of para-hydroxylation sites is 1. The largest absolute Gasteiger partial charge is 0.495 e. The van der Waals surface area contributed by atoms with E-state index in [-0.39, 0.29) is 12.1 Å². The monoisotopic (exact) mass is 321 g/mol. The molecule has 0 saturated carbocycles. The predicted molar refractivity (Wildman–Crippen MR) is 84.3 cm³/mol. The van der Waals surface area contributed by atoms with Gasteiger partial charge in [0, 0.05) is 11.3 Å². The minimum Gasteiger partial charge on any atom is -0.495 e. The van der Waals surface area contributed by atoms with Gasteiger partial charge in [0.25, 0.3) is 0 Å². The zero-order valence-corrected chi connectivity index (χ0v) is 12.7. The number of aliphatic carboxylic acids is 1. The van der Waals surface area contributed by atoms with E-state index in [2.05, 4.69) is 0 Å². The van der Waals surface area contributed by atoms with Gasteiger partial charge in [-0.1, -0.05) is 35.9 Å². The van der Waals surface area contributed by atoms with E-state index in [9.17, 15) is 9.90 Å². The number of benzene rings is 2. The normalized spacial score (nSPS) is 12.0. The van der Waals surface area contributed by atoms with Gasteiger partial charge >= 0.3 is 5.97 Å². The van der Waals surface area contributed by atoms with Crippen molar-refractivity contribution in [2.24, 2.45) is 0 Å². The molecule has 5 nitrogen and oxygen atoms in total. The Hall–Kier alpha value is -2.24. The summed E-state index contributed by atoms with van der Waals surface area (Å²) in [6.45, 7) is 0. The molecule has 0 heterocycles. The number of carboxylic acids is 1. The molecule has 1 unspecified atom stereocenters. The standard InChI is InChI=1S/C16H16ClNO4/c1-22-13-7-10(5-6-12(13)17)16(21)11-4-2-3-9(15(11)18)8-14(19)20/h2-7,16,21H,8,18H2,1H3,(H,19,20). The van der Waals surface area contributed by atoms with Crippen molar-refractivity contribution in [2.75, 3.05) is 12.8 Å². The molecule has 0 aliphatic heterocycles. The second kappa shape index (κ2) is 6.68. The zero-order valence-electron chi connectivity index (χ0n) is 11.9. The molecule has 0 amide bonds. The van der Waals surface area contributed by atoms with Crippen molar-refractivity contribution in [1.29, 1.82) is 0 Å². The van der Waals surface area contributed by atoms with Crippen LogP contribution in [0.25, 0.3) is 0 Å². The molecular weight excluding hydrogens is 306 g/mol. The van der Waals surface area contributed by atoms with Crippen LogP contribution in [-0.4, -0.2) is 23.3 Å². The molecule has 2 aromatic carbocycles. The van der Waals surface area contributed by atoms with Gasteiger partial charge in [0.15, 0.2) is 0 Å². The van der Waals surface area contributed by atoms with Gasteiger partial charge in [0.2, 0.25) is 0 Å². The molecule has 6 heteroatoms. The van der Waals surface area contributed by atoms with Crippen LogP contribution in [0.15, 0.2) is 36.4 Å². The Kier molecular flexibility index (Phi) is 4.90. The number of halogens is 1. The van der Waals surface area contributed by atoms with Crippen LogP contribution in [0.3, 0.4) is 0 Å². The molecular formula is C16H16ClNO4. The number of anilines is 1. The van der Waals surface area contributed by atoms with Gasteiger partial charge < -0.3 is 20.7 Å². The first-order valence-electron chi connectivity index (χ1n) is 6.54. The molecule has 1 atom stereocenters. The summed E-state index contributed by atoms with van der Waals surface area (Å²) in [5.74, 6) is -0.537. The van der Waals surface area contributed by atoms with Crippen LogP contribution in [0.5, 0.6) is 5.75 Å². The van der Waals surface area contributed by atoms with Crippen molar-refractivity contribution in [1.82, 2.24) is 0 Å².